The number of hydrogen-bond donors (Lipinski definition) is 3. The van der Waals surface area contributed by atoms with Gasteiger partial charge in [-0.3, -0.25) is 4.79 Å². The third-order valence-electron chi connectivity index (χ3n) is 6.96. The van der Waals surface area contributed by atoms with Crippen LogP contribution in [0.1, 0.15) is 27.7 Å². The molecule has 1 fully saturated rings. The molecule has 214 valence electrons. The number of carbonyl (C=O) groups is 1. The van der Waals surface area contributed by atoms with E-state index in [1.165, 1.54) is 26.4 Å². The second-order valence-corrected chi connectivity index (χ2v) is 10.6. The van der Waals surface area contributed by atoms with Gasteiger partial charge in [0, 0.05) is 23.7 Å². The second kappa shape index (κ2) is 11.6. The summed E-state index contributed by atoms with van der Waals surface area (Å²) in [6.45, 7) is 12.3. The van der Waals surface area contributed by atoms with Gasteiger partial charge in [0.2, 0.25) is 11.9 Å². The molecule has 3 N–H and O–H groups in total. The maximum Gasteiger partial charge on any atom is 0.243 e. The van der Waals surface area contributed by atoms with Crippen LogP contribution in [0.15, 0.2) is 31.0 Å². The summed E-state index contributed by atoms with van der Waals surface area (Å²) in [5.41, 5.74) is -0.107. The number of carbonyl (C=O) groups excluding carboxylic acids is 1. The predicted molar refractivity (Wildman–Crippen MR) is 149 cm³/mol. The highest BCUT2D eigenvalue weighted by atomic mass is 19.1. The Balaban J connectivity index is 1.82. The summed E-state index contributed by atoms with van der Waals surface area (Å²) in [4.78, 5) is 25.5. The van der Waals surface area contributed by atoms with Gasteiger partial charge in [-0.1, -0.05) is 27.4 Å². The lowest BCUT2D eigenvalue weighted by Crippen LogP contribution is -2.45. The van der Waals surface area contributed by atoms with Crippen molar-refractivity contribution in [1.29, 1.82) is 0 Å². The van der Waals surface area contributed by atoms with Crippen LogP contribution in [0.4, 0.5) is 20.5 Å². The first-order valence-electron chi connectivity index (χ1n) is 12.8. The minimum absolute atomic E-state index is 0.0176. The molecule has 1 amide bonds. The number of hydrogen-bond acceptors (Lipinski definition) is 9. The standard InChI is InChI=1S/C28H34F2N6O4/c1-8-21(37)33-17-12-40-13-18(17)35-27-31-11-15-9-16(22-23(29)19(38-6)10-20(39-7)24(22)30)34-26(25(15)36-27)32-14(2)28(3,4)5/h8-11,14,17-18H,1,12-13H2,2-7H3,(H,32,34)(H,33,37)(H,31,35,36)/t14?,17-,18+/m0/s1. The molecule has 1 aliphatic rings. The van der Waals surface area contributed by atoms with Gasteiger partial charge in [0.25, 0.3) is 0 Å². The van der Waals surface area contributed by atoms with Crippen LogP contribution in [0, 0.1) is 17.0 Å². The summed E-state index contributed by atoms with van der Waals surface area (Å²) in [5, 5.41) is 9.91. The summed E-state index contributed by atoms with van der Waals surface area (Å²) >= 11 is 0. The molecule has 3 heterocycles. The van der Waals surface area contributed by atoms with Crippen LogP contribution in [-0.2, 0) is 9.53 Å². The molecule has 0 saturated carbocycles. The van der Waals surface area contributed by atoms with Crippen molar-refractivity contribution < 1.29 is 27.8 Å². The summed E-state index contributed by atoms with van der Waals surface area (Å²) in [6, 6.07) is 1.97. The first-order chi connectivity index (χ1) is 19.0. The number of fused-ring (bicyclic) bond motifs is 1. The fourth-order valence-corrected chi connectivity index (χ4v) is 4.12. The number of nitrogens with zero attached hydrogens (tertiary/aromatic N) is 3. The number of rotatable bonds is 9. The number of amides is 1. The van der Waals surface area contributed by atoms with E-state index < -0.39 is 17.2 Å². The third kappa shape index (κ3) is 5.91. The molecule has 1 aromatic carbocycles. The molecular weight excluding hydrogens is 522 g/mol. The average molecular weight is 557 g/mol. The highest BCUT2D eigenvalue weighted by Gasteiger charge is 2.30. The Hall–Kier alpha value is -4.06. The number of methoxy groups -OCH3 is 2. The Morgan fingerprint density at radius 3 is 2.38 bits per heavy atom. The second-order valence-electron chi connectivity index (χ2n) is 10.6. The van der Waals surface area contributed by atoms with Crippen molar-refractivity contribution in [2.45, 2.75) is 45.8 Å². The number of benzene rings is 1. The van der Waals surface area contributed by atoms with Crippen molar-refractivity contribution in [3.05, 3.63) is 42.6 Å². The molecule has 0 radical (unpaired) electrons. The quantitative estimate of drug-likeness (QED) is 0.331. The van der Waals surface area contributed by atoms with E-state index in [0.717, 1.165) is 6.07 Å². The third-order valence-corrected chi connectivity index (χ3v) is 6.96. The van der Waals surface area contributed by atoms with Gasteiger partial charge < -0.3 is 30.2 Å². The molecule has 1 unspecified atom stereocenters. The largest absolute Gasteiger partial charge is 0.494 e. The van der Waals surface area contributed by atoms with Gasteiger partial charge in [0.05, 0.1) is 50.8 Å². The van der Waals surface area contributed by atoms with Crippen LogP contribution in [0.25, 0.3) is 22.2 Å². The van der Waals surface area contributed by atoms with E-state index in [9.17, 15) is 4.79 Å². The molecule has 4 rings (SSSR count). The summed E-state index contributed by atoms with van der Waals surface area (Å²) in [6.07, 6.45) is 2.74. The molecule has 3 aromatic rings. The monoisotopic (exact) mass is 556 g/mol. The van der Waals surface area contributed by atoms with Crippen LogP contribution in [0.3, 0.4) is 0 Å². The molecule has 1 saturated heterocycles. The topological polar surface area (TPSA) is 120 Å². The Labute approximate surface area is 231 Å². The Kier molecular flexibility index (Phi) is 8.38. The highest BCUT2D eigenvalue weighted by Crippen LogP contribution is 2.39. The Morgan fingerprint density at radius 1 is 1.12 bits per heavy atom. The van der Waals surface area contributed by atoms with E-state index in [1.807, 2.05) is 6.92 Å². The first kappa shape index (κ1) is 28.9. The van der Waals surface area contributed by atoms with Gasteiger partial charge in [-0.2, -0.15) is 0 Å². The normalized spacial score (nSPS) is 17.8. The van der Waals surface area contributed by atoms with Crippen molar-refractivity contribution in [2.24, 2.45) is 5.41 Å². The number of pyridine rings is 1. The van der Waals surface area contributed by atoms with Crippen LogP contribution in [0.5, 0.6) is 11.5 Å². The number of halogens is 2. The maximum atomic E-state index is 15.4. The number of nitrogens with one attached hydrogen (secondary N) is 3. The fraction of sp³-hybridized carbons (Fsp3) is 0.429. The Bertz CT molecular complexity index is 1400. The molecule has 10 nitrogen and oxygen atoms in total. The van der Waals surface area contributed by atoms with Gasteiger partial charge in [-0.25, -0.2) is 23.7 Å². The first-order valence-corrected chi connectivity index (χ1v) is 12.8. The smallest absolute Gasteiger partial charge is 0.243 e. The van der Waals surface area contributed by atoms with Crippen molar-refractivity contribution in [3.63, 3.8) is 0 Å². The van der Waals surface area contributed by atoms with Crippen molar-refractivity contribution >= 4 is 28.6 Å². The maximum absolute atomic E-state index is 15.4. The molecule has 12 heteroatoms. The Morgan fingerprint density at radius 2 is 1.77 bits per heavy atom. The summed E-state index contributed by atoms with van der Waals surface area (Å²) < 4.78 is 46.5. The van der Waals surface area contributed by atoms with Gasteiger partial charge in [-0.15, -0.1) is 0 Å². The summed E-state index contributed by atoms with van der Waals surface area (Å²) in [5.74, 6) is -1.89. The zero-order valence-corrected chi connectivity index (χ0v) is 23.4. The lowest BCUT2D eigenvalue weighted by atomic mass is 9.88. The lowest BCUT2D eigenvalue weighted by Gasteiger charge is -2.29. The molecule has 0 spiro atoms. The lowest BCUT2D eigenvalue weighted by molar-refractivity contribution is -0.117. The van der Waals surface area contributed by atoms with Gasteiger partial charge >= 0.3 is 0 Å². The molecule has 40 heavy (non-hydrogen) atoms. The molecule has 3 atom stereocenters. The fourth-order valence-electron chi connectivity index (χ4n) is 4.12. The van der Waals surface area contributed by atoms with Crippen LogP contribution in [0.2, 0.25) is 0 Å². The highest BCUT2D eigenvalue weighted by molar-refractivity contribution is 5.92. The van der Waals surface area contributed by atoms with E-state index in [2.05, 4.69) is 58.3 Å². The minimum Gasteiger partial charge on any atom is -0.494 e. The SMILES string of the molecule is C=CC(=O)N[C@H]1COC[C@H]1Nc1ncc2cc(-c3c(F)c(OC)cc(OC)c3F)nc(NC(C)C(C)(C)C)c2n1. The van der Waals surface area contributed by atoms with Crippen molar-refractivity contribution in [2.75, 3.05) is 38.1 Å². The summed E-state index contributed by atoms with van der Waals surface area (Å²) in [7, 11) is 2.58. The van der Waals surface area contributed by atoms with E-state index in [1.54, 1.807) is 6.20 Å². The van der Waals surface area contributed by atoms with E-state index >= 15 is 8.78 Å². The van der Waals surface area contributed by atoms with Gasteiger partial charge in [-0.05, 0) is 24.5 Å². The number of anilines is 2. The zero-order chi connectivity index (χ0) is 29.2. The minimum atomic E-state index is -0.907. The molecule has 0 bridgehead atoms. The number of aromatic nitrogens is 3. The van der Waals surface area contributed by atoms with Gasteiger partial charge in [0.15, 0.2) is 29.0 Å². The van der Waals surface area contributed by atoms with E-state index in [0.29, 0.717) is 29.9 Å². The molecular formula is C28H34F2N6O4. The average Bonchev–Trinajstić information content (AvgIpc) is 3.34. The van der Waals surface area contributed by atoms with E-state index in [4.69, 9.17) is 14.2 Å². The van der Waals surface area contributed by atoms with E-state index in [-0.39, 0.29) is 52.6 Å². The van der Waals surface area contributed by atoms with Crippen LogP contribution < -0.4 is 25.4 Å². The van der Waals surface area contributed by atoms with Crippen molar-refractivity contribution in [3.8, 4) is 22.8 Å². The molecule has 0 aliphatic carbocycles. The van der Waals surface area contributed by atoms with Gasteiger partial charge in [0.1, 0.15) is 5.52 Å². The predicted octanol–water partition coefficient (Wildman–Crippen LogP) is 4.32. The van der Waals surface area contributed by atoms with Crippen LogP contribution >= 0.6 is 0 Å². The number of ether oxygens (including phenoxy) is 3. The zero-order valence-electron chi connectivity index (χ0n) is 23.4. The molecule has 2 aromatic heterocycles. The van der Waals surface area contributed by atoms with Crippen molar-refractivity contribution in [1.82, 2.24) is 20.3 Å². The molecule has 1 aliphatic heterocycles. The van der Waals surface area contributed by atoms with Crippen LogP contribution in [-0.4, -0.2) is 66.4 Å².